The van der Waals surface area contributed by atoms with Crippen LogP contribution in [0.4, 0.5) is 5.82 Å². The van der Waals surface area contributed by atoms with Gasteiger partial charge >= 0.3 is 5.97 Å². The number of carbonyl (C=O) groups excluding carboxylic acids is 1. The number of methoxy groups -OCH3 is 1. The predicted octanol–water partition coefficient (Wildman–Crippen LogP) is 3.35. The molecule has 1 aromatic heterocycles. The Morgan fingerprint density at radius 2 is 1.96 bits per heavy atom. The summed E-state index contributed by atoms with van der Waals surface area (Å²) in [5.41, 5.74) is 0.863. The second-order valence-corrected chi connectivity index (χ2v) is 6.92. The van der Waals surface area contributed by atoms with E-state index in [1.807, 2.05) is 37.3 Å². The fraction of sp³-hybridized carbons (Fsp3) is 0.421. The number of anilines is 1. The molecule has 2 atom stereocenters. The van der Waals surface area contributed by atoms with Crippen LogP contribution in [0.25, 0.3) is 0 Å². The molecule has 1 saturated carbocycles. The SMILES string of the molecule is COC(=O)c1nc(C2CC2)nc(N(C)C(C)C(O)c2ccccc2)c1Cl. The Hall–Kier alpha value is -2.18. The Kier molecular flexibility index (Phi) is 5.44. The van der Waals surface area contributed by atoms with Gasteiger partial charge in [0, 0.05) is 13.0 Å². The van der Waals surface area contributed by atoms with Crippen LogP contribution in [0.3, 0.4) is 0 Å². The van der Waals surface area contributed by atoms with E-state index < -0.39 is 12.1 Å². The van der Waals surface area contributed by atoms with Gasteiger partial charge in [-0.05, 0) is 25.3 Å². The molecular formula is C19H22ClN3O3. The molecule has 1 fully saturated rings. The maximum atomic E-state index is 12.1. The number of carbonyl (C=O) groups is 1. The van der Waals surface area contributed by atoms with Crippen LogP contribution in [0.15, 0.2) is 30.3 Å². The number of aromatic nitrogens is 2. The topological polar surface area (TPSA) is 75.5 Å². The van der Waals surface area contributed by atoms with Crippen LogP contribution < -0.4 is 4.90 Å². The number of halogens is 1. The summed E-state index contributed by atoms with van der Waals surface area (Å²) in [7, 11) is 3.09. The van der Waals surface area contributed by atoms with Crippen LogP contribution in [0.1, 0.15) is 53.7 Å². The summed E-state index contributed by atoms with van der Waals surface area (Å²) in [5, 5.41) is 10.8. The van der Waals surface area contributed by atoms with E-state index in [9.17, 15) is 9.90 Å². The van der Waals surface area contributed by atoms with Crippen molar-refractivity contribution in [3.05, 3.63) is 52.4 Å². The average Bonchev–Trinajstić information content (AvgIpc) is 3.51. The highest BCUT2D eigenvalue weighted by Crippen LogP contribution is 2.40. The van der Waals surface area contributed by atoms with Crippen molar-refractivity contribution in [2.75, 3.05) is 19.1 Å². The molecule has 2 unspecified atom stereocenters. The van der Waals surface area contributed by atoms with Gasteiger partial charge in [0.2, 0.25) is 0 Å². The normalized spacial score (nSPS) is 16.0. The smallest absolute Gasteiger partial charge is 0.358 e. The lowest BCUT2D eigenvalue weighted by Crippen LogP contribution is -2.35. The quantitative estimate of drug-likeness (QED) is 0.780. The van der Waals surface area contributed by atoms with Gasteiger partial charge in [0.05, 0.1) is 19.3 Å². The molecule has 1 heterocycles. The van der Waals surface area contributed by atoms with Crippen molar-refractivity contribution >= 4 is 23.4 Å². The van der Waals surface area contributed by atoms with Gasteiger partial charge in [-0.15, -0.1) is 0 Å². The molecule has 0 spiro atoms. The Labute approximate surface area is 157 Å². The number of benzene rings is 1. The van der Waals surface area contributed by atoms with E-state index in [1.54, 1.807) is 11.9 Å². The second-order valence-electron chi connectivity index (χ2n) is 6.54. The number of nitrogens with zero attached hydrogens (tertiary/aromatic N) is 3. The van der Waals surface area contributed by atoms with Crippen LogP contribution in [-0.4, -0.2) is 41.2 Å². The molecule has 0 bridgehead atoms. The van der Waals surface area contributed by atoms with Gasteiger partial charge in [0.15, 0.2) is 11.5 Å². The molecule has 7 heteroatoms. The fourth-order valence-corrected chi connectivity index (χ4v) is 3.07. The highest BCUT2D eigenvalue weighted by atomic mass is 35.5. The molecule has 3 rings (SSSR count). The van der Waals surface area contributed by atoms with Crippen molar-refractivity contribution in [1.29, 1.82) is 0 Å². The van der Waals surface area contributed by atoms with Gasteiger partial charge < -0.3 is 14.7 Å². The van der Waals surface area contributed by atoms with Crippen molar-refractivity contribution in [2.45, 2.75) is 37.8 Å². The van der Waals surface area contributed by atoms with Crippen molar-refractivity contribution in [1.82, 2.24) is 9.97 Å². The van der Waals surface area contributed by atoms with Crippen LogP contribution in [0.2, 0.25) is 5.02 Å². The highest BCUT2D eigenvalue weighted by Gasteiger charge is 2.32. The number of hydrogen-bond acceptors (Lipinski definition) is 6. The number of esters is 1. The summed E-state index contributed by atoms with van der Waals surface area (Å²) in [6.07, 6.45) is 1.25. The van der Waals surface area contributed by atoms with E-state index in [2.05, 4.69) is 9.97 Å². The van der Waals surface area contributed by atoms with E-state index in [0.717, 1.165) is 18.4 Å². The molecule has 1 aromatic carbocycles. The lowest BCUT2D eigenvalue weighted by Gasteiger charge is -2.31. The molecule has 1 aliphatic carbocycles. The van der Waals surface area contributed by atoms with Crippen molar-refractivity contribution in [2.24, 2.45) is 0 Å². The number of hydrogen-bond donors (Lipinski definition) is 1. The van der Waals surface area contributed by atoms with Gasteiger partial charge in [-0.25, -0.2) is 14.8 Å². The Bertz CT molecular complexity index is 796. The van der Waals surface area contributed by atoms with Crippen LogP contribution in [0.5, 0.6) is 0 Å². The maximum absolute atomic E-state index is 12.1. The van der Waals surface area contributed by atoms with Crippen LogP contribution in [-0.2, 0) is 4.74 Å². The zero-order valence-corrected chi connectivity index (χ0v) is 15.8. The molecule has 6 nitrogen and oxygen atoms in total. The second kappa shape index (κ2) is 7.60. The number of ether oxygens (including phenoxy) is 1. The number of aliphatic hydroxyl groups is 1. The maximum Gasteiger partial charge on any atom is 0.358 e. The van der Waals surface area contributed by atoms with Gasteiger partial charge in [-0.1, -0.05) is 41.9 Å². The van der Waals surface area contributed by atoms with Crippen LogP contribution in [0, 0.1) is 0 Å². The molecule has 138 valence electrons. The van der Waals surface area contributed by atoms with Crippen LogP contribution >= 0.6 is 11.6 Å². The highest BCUT2D eigenvalue weighted by molar-refractivity contribution is 6.35. The zero-order valence-electron chi connectivity index (χ0n) is 15.0. The minimum Gasteiger partial charge on any atom is -0.464 e. The van der Waals surface area contributed by atoms with E-state index in [-0.39, 0.29) is 22.7 Å². The zero-order chi connectivity index (χ0) is 18.8. The van der Waals surface area contributed by atoms with E-state index in [1.165, 1.54) is 7.11 Å². The summed E-state index contributed by atoms with van der Waals surface area (Å²) < 4.78 is 4.80. The summed E-state index contributed by atoms with van der Waals surface area (Å²) in [6, 6.07) is 9.07. The molecule has 0 radical (unpaired) electrons. The first-order valence-corrected chi connectivity index (χ1v) is 8.93. The first kappa shape index (κ1) is 18.6. The van der Waals surface area contributed by atoms with Gasteiger partial charge in [-0.3, -0.25) is 0 Å². The van der Waals surface area contributed by atoms with E-state index in [4.69, 9.17) is 16.3 Å². The third-order valence-corrected chi connectivity index (χ3v) is 5.06. The first-order chi connectivity index (χ1) is 12.4. The molecule has 2 aromatic rings. The largest absolute Gasteiger partial charge is 0.464 e. The molecule has 0 aliphatic heterocycles. The third-order valence-electron chi connectivity index (χ3n) is 4.72. The van der Waals surface area contributed by atoms with Crippen molar-refractivity contribution in [3.8, 4) is 0 Å². The van der Waals surface area contributed by atoms with Gasteiger partial charge in [0.1, 0.15) is 10.8 Å². The molecule has 1 aliphatic rings. The van der Waals surface area contributed by atoms with E-state index in [0.29, 0.717) is 11.6 Å². The van der Waals surface area contributed by atoms with Crippen molar-refractivity contribution < 1.29 is 14.6 Å². The standard InChI is InChI=1S/C19H22ClN3O3/c1-11(16(24)12-7-5-4-6-8-12)23(2)18-14(20)15(19(25)26-3)21-17(22-18)13-9-10-13/h4-8,11,13,16,24H,9-10H2,1-3H3. The Morgan fingerprint density at radius 3 is 2.54 bits per heavy atom. The predicted molar refractivity (Wildman–Crippen MR) is 99.6 cm³/mol. The number of aliphatic hydroxyl groups excluding tert-OH is 1. The summed E-state index contributed by atoms with van der Waals surface area (Å²) in [5.74, 6) is 0.673. The van der Waals surface area contributed by atoms with Crippen molar-refractivity contribution in [3.63, 3.8) is 0 Å². The minimum atomic E-state index is -0.738. The average molecular weight is 376 g/mol. The summed E-state index contributed by atoms with van der Waals surface area (Å²) in [4.78, 5) is 22.7. The Balaban J connectivity index is 1.96. The molecule has 1 N–H and O–H groups in total. The molecule has 0 saturated heterocycles. The number of rotatable bonds is 6. The minimum absolute atomic E-state index is 0.0642. The third kappa shape index (κ3) is 3.66. The Morgan fingerprint density at radius 1 is 1.31 bits per heavy atom. The van der Waals surface area contributed by atoms with E-state index >= 15 is 0 Å². The van der Waals surface area contributed by atoms with Gasteiger partial charge in [-0.2, -0.15) is 0 Å². The lowest BCUT2D eigenvalue weighted by atomic mass is 10.0. The fourth-order valence-electron chi connectivity index (χ4n) is 2.78. The van der Waals surface area contributed by atoms with Gasteiger partial charge in [0.25, 0.3) is 0 Å². The molecule has 26 heavy (non-hydrogen) atoms. The lowest BCUT2D eigenvalue weighted by molar-refractivity contribution is 0.0593. The summed E-state index contributed by atoms with van der Waals surface area (Å²) >= 11 is 6.42. The molecular weight excluding hydrogens is 354 g/mol. The number of likely N-dealkylation sites (N-methyl/N-ethyl adjacent to an activating group) is 1. The first-order valence-electron chi connectivity index (χ1n) is 8.55. The molecule has 0 amide bonds. The monoisotopic (exact) mass is 375 g/mol. The summed E-state index contributed by atoms with van der Waals surface area (Å²) in [6.45, 7) is 1.88.